The molecule has 0 atom stereocenters. The van der Waals surface area contributed by atoms with Gasteiger partial charge in [-0.3, -0.25) is 9.78 Å². The molecule has 18 heavy (non-hydrogen) atoms. The van der Waals surface area contributed by atoms with E-state index in [2.05, 4.69) is 15.3 Å². The lowest BCUT2D eigenvalue weighted by Crippen LogP contribution is -2.13. The number of carbonyl (C=O) groups is 1. The molecule has 2 heterocycles. The number of pyridine rings is 2. The van der Waals surface area contributed by atoms with Gasteiger partial charge in [-0.15, -0.1) is 0 Å². The van der Waals surface area contributed by atoms with E-state index >= 15 is 0 Å². The monoisotopic (exact) mass is 265 g/mol. The zero-order valence-corrected chi connectivity index (χ0v) is 10.2. The van der Waals surface area contributed by atoms with Crippen LogP contribution in [0.5, 0.6) is 0 Å². The molecule has 0 aliphatic rings. The number of amides is 1. The van der Waals surface area contributed by atoms with Crippen molar-refractivity contribution in [3.05, 3.63) is 52.8 Å². The molecular weight excluding hydrogens is 257 g/mol. The molecule has 0 unspecified atom stereocenters. The fraction of sp³-hybridized carbons (Fsp3) is 0.0833. The molecule has 0 fully saturated rings. The Kier molecular flexibility index (Phi) is 3.53. The SMILES string of the molecule is Cc1cnc(Cl)c(NC(=O)c2cncc(F)c2)c1. The van der Waals surface area contributed by atoms with Gasteiger partial charge in [0.25, 0.3) is 5.91 Å². The number of anilines is 1. The average Bonchev–Trinajstić information content (AvgIpc) is 2.34. The number of nitrogens with zero attached hydrogens (tertiary/aromatic N) is 2. The number of halogens is 2. The van der Waals surface area contributed by atoms with E-state index in [4.69, 9.17) is 11.6 Å². The summed E-state index contributed by atoms with van der Waals surface area (Å²) in [5.41, 5.74) is 1.35. The van der Waals surface area contributed by atoms with Crippen molar-refractivity contribution in [1.29, 1.82) is 0 Å². The number of rotatable bonds is 2. The third kappa shape index (κ3) is 2.81. The molecule has 0 bridgehead atoms. The first kappa shape index (κ1) is 12.4. The number of aromatic nitrogens is 2. The van der Waals surface area contributed by atoms with Crippen molar-refractivity contribution in [1.82, 2.24) is 9.97 Å². The maximum atomic E-state index is 12.9. The van der Waals surface area contributed by atoms with Gasteiger partial charge in [0.05, 0.1) is 17.4 Å². The number of hydrogen-bond acceptors (Lipinski definition) is 3. The van der Waals surface area contributed by atoms with Crippen LogP contribution in [0.15, 0.2) is 30.7 Å². The lowest BCUT2D eigenvalue weighted by Gasteiger charge is -2.07. The second-order valence-corrected chi connectivity index (χ2v) is 4.06. The largest absolute Gasteiger partial charge is 0.319 e. The minimum atomic E-state index is -0.573. The van der Waals surface area contributed by atoms with E-state index in [0.29, 0.717) is 5.69 Å². The van der Waals surface area contributed by atoms with Crippen molar-refractivity contribution in [3.8, 4) is 0 Å². The number of carbonyl (C=O) groups excluding carboxylic acids is 1. The van der Waals surface area contributed by atoms with E-state index in [1.165, 1.54) is 6.20 Å². The minimum Gasteiger partial charge on any atom is -0.319 e. The Balaban J connectivity index is 2.24. The molecule has 1 amide bonds. The van der Waals surface area contributed by atoms with Crippen molar-refractivity contribution >= 4 is 23.2 Å². The zero-order valence-electron chi connectivity index (χ0n) is 9.45. The average molecular weight is 266 g/mol. The van der Waals surface area contributed by atoms with Crippen LogP contribution in [0.1, 0.15) is 15.9 Å². The summed E-state index contributed by atoms with van der Waals surface area (Å²) in [5.74, 6) is -1.06. The molecule has 0 saturated heterocycles. The fourth-order valence-corrected chi connectivity index (χ4v) is 1.52. The summed E-state index contributed by atoms with van der Waals surface area (Å²) in [7, 11) is 0. The molecule has 0 radical (unpaired) electrons. The second kappa shape index (κ2) is 5.10. The van der Waals surface area contributed by atoms with Crippen LogP contribution >= 0.6 is 11.6 Å². The molecule has 2 aromatic rings. The summed E-state index contributed by atoms with van der Waals surface area (Å²) < 4.78 is 12.9. The third-order valence-corrected chi connectivity index (χ3v) is 2.49. The highest BCUT2D eigenvalue weighted by Gasteiger charge is 2.10. The summed E-state index contributed by atoms with van der Waals surface area (Å²) >= 11 is 5.84. The van der Waals surface area contributed by atoms with Crippen LogP contribution < -0.4 is 5.32 Å². The van der Waals surface area contributed by atoms with Gasteiger partial charge in [-0.2, -0.15) is 0 Å². The van der Waals surface area contributed by atoms with Crippen LogP contribution in [0.3, 0.4) is 0 Å². The first-order chi connectivity index (χ1) is 8.56. The van der Waals surface area contributed by atoms with E-state index < -0.39 is 11.7 Å². The second-order valence-electron chi connectivity index (χ2n) is 3.70. The summed E-state index contributed by atoms with van der Waals surface area (Å²) in [4.78, 5) is 19.3. The molecular formula is C12H9ClFN3O. The Morgan fingerprint density at radius 1 is 1.33 bits per heavy atom. The summed E-state index contributed by atoms with van der Waals surface area (Å²) in [6.07, 6.45) is 3.88. The van der Waals surface area contributed by atoms with Crippen LogP contribution in [0.2, 0.25) is 5.15 Å². The van der Waals surface area contributed by atoms with E-state index in [1.54, 1.807) is 12.3 Å². The van der Waals surface area contributed by atoms with Crippen LogP contribution in [0.4, 0.5) is 10.1 Å². The Bertz CT molecular complexity index is 604. The zero-order chi connectivity index (χ0) is 13.1. The molecule has 0 aromatic carbocycles. The van der Waals surface area contributed by atoms with Crippen molar-refractivity contribution in [2.24, 2.45) is 0 Å². The van der Waals surface area contributed by atoms with Crippen molar-refractivity contribution in [2.75, 3.05) is 5.32 Å². The Morgan fingerprint density at radius 3 is 2.83 bits per heavy atom. The van der Waals surface area contributed by atoms with Gasteiger partial charge >= 0.3 is 0 Å². The topological polar surface area (TPSA) is 54.9 Å². The van der Waals surface area contributed by atoms with Crippen LogP contribution in [0.25, 0.3) is 0 Å². The molecule has 2 rings (SSSR count). The summed E-state index contributed by atoms with van der Waals surface area (Å²) in [5, 5.41) is 2.73. The minimum absolute atomic E-state index is 0.118. The Morgan fingerprint density at radius 2 is 2.11 bits per heavy atom. The molecule has 6 heteroatoms. The number of hydrogen-bond donors (Lipinski definition) is 1. The lowest BCUT2D eigenvalue weighted by molar-refractivity contribution is 0.102. The molecule has 0 aliphatic heterocycles. The molecule has 0 spiro atoms. The maximum Gasteiger partial charge on any atom is 0.257 e. The number of nitrogens with one attached hydrogen (secondary N) is 1. The van der Waals surface area contributed by atoms with Gasteiger partial charge in [0.15, 0.2) is 5.15 Å². The predicted octanol–water partition coefficient (Wildman–Crippen LogP) is 2.83. The predicted molar refractivity (Wildman–Crippen MR) is 66.1 cm³/mol. The normalized spacial score (nSPS) is 10.2. The van der Waals surface area contributed by atoms with Gasteiger partial charge in [0.2, 0.25) is 0 Å². The van der Waals surface area contributed by atoms with Crippen molar-refractivity contribution in [3.63, 3.8) is 0 Å². The standard InChI is InChI=1S/C12H9ClFN3O/c1-7-2-10(11(13)16-4-7)17-12(18)8-3-9(14)6-15-5-8/h2-6H,1H3,(H,17,18). The Hall–Kier alpha value is -2.01. The highest BCUT2D eigenvalue weighted by Crippen LogP contribution is 2.20. The summed E-state index contributed by atoms with van der Waals surface area (Å²) in [6, 6.07) is 2.78. The van der Waals surface area contributed by atoms with E-state index in [9.17, 15) is 9.18 Å². The van der Waals surface area contributed by atoms with Gasteiger partial charge < -0.3 is 5.32 Å². The van der Waals surface area contributed by atoms with E-state index in [0.717, 1.165) is 17.8 Å². The molecule has 0 aliphatic carbocycles. The van der Waals surface area contributed by atoms with E-state index in [1.807, 2.05) is 6.92 Å². The van der Waals surface area contributed by atoms with Gasteiger partial charge in [-0.05, 0) is 24.6 Å². The molecule has 92 valence electrons. The quantitative estimate of drug-likeness (QED) is 0.850. The molecule has 1 N–H and O–H groups in total. The smallest absolute Gasteiger partial charge is 0.257 e. The van der Waals surface area contributed by atoms with Gasteiger partial charge in [-0.25, -0.2) is 9.37 Å². The summed E-state index contributed by atoms with van der Waals surface area (Å²) in [6.45, 7) is 1.82. The first-order valence-electron chi connectivity index (χ1n) is 5.10. The third-order valence-electron chi connectivity index (χ3n) is 2.19. The highest BCUT2D eigenvalue weighted by molar-refractivity contribution is 6.32. The lowest BCUT2D eigenvalue weighted by atomic mass is 10.2. The highest BCUT2D eigenvalue weighted by atomic mass is 35.5. The molecule has 0 saturated carbocycles. The number of aryl methyl sites for hydroxylation is 1. The molecule has 4 nitrogen and oxygen atoms in total. The molecule has 2 aromatic heterocycles. The first-order valence-corrected chi connectivity index (χ1v) is 5.48. The van der Waals surface area contributed by atoms with Crippen LogP contribution in [-0.2, 0) is 0 Å². The van der Waals surface area contributed by atoms with Gasteiger partial charge in [0.1, 0.15) is 5.82 Å². The van der Waals surface area contributed by atoms with Gasteiger partial charge in [-0.1, -0.05) is 11.6 Å². The van der Waals surface area contributed by atoms with Crippen LogP contribution in [0, 0.1) is 12.7 Å². The van der Waals surface area contributed by atoms with E-state index in [-0.39, 0.29) is 10.7 Å². The van der Waals surface area contributed by atoms with Gasteiger partial charge in [0, 0.05) is 12.4 Å². The van der Waals surface area contributed by atoms with Crippen LogP contribution in [-0.4, -0.2) is 15.9 Å². The van der Waals surface area contributed by atoms with Crippen molar-refractivity contribution < 1.29 is 9.18 Å². The maximum absolute atomic E-state index is 12.9. The fourth-order valence-electron chi connectivity index (χ4n) is 1.37. The Labute approximate surface area is 108 Å². The van der Waals surface area contributed by atoms with Crippen molar-refractivity contribution in [2.45, 2.75) is 6.92 Å².